The van der Waals surface area contributed by atoms with Gasteiger partial charge in [-0.15, -0.1) is 0 Å². The average molecular weight is 341 g/mol. The number of phenols is 1. The van der Waals surface area contributed by atoms with Crippen molar-refractivity contribution in [3.63, 3.8) is 0 Å². The summed E-state index contributed by atoms with van der Waals surface area (Å²) in [6.45, 7) is 0.766. The van der Waals surface area contributed by atoms with Gasteiger partial charge in [0.2, 0.25) is 0 Å². The second-order valence-electron chi connectivity index (χ2n) is 8.78. The number of hydrogen-bond donors (Lipinski definition) is 3. The van der Waals surface area contributed by atoms with Gasteiger partial charge in [0, 0.05) is 17.5 Å². The summed E-state index contributed by atoms with van der Waals surface area (Å²) in [5, 5.41) is 25.8. The number of piperidine rings is 1. The van der Waals surface area contributed by atoms with E-state index in [-0.39, 0.29) is 23.5 Å². The monoisotopic (exact) mass is 341 g/mol. The first-order chi connectivity index (χ1) is 12.0. The number of ether oxygens (including phenoxy) is 1. The predicted molar refractivity (Wildman–Crippen MR) is 89.7 cm³/mol. The molecule has 1 aromatic carbocycles. The lowest BCUT2D eigenvalue weighted by Crippen LogP contribution is -2.77. The van der Waals surface area contributed by atoms with Crippen LogP contribution in [0.5, 0.6) is 11.5 Å². The molecule has 1 aromatic rings. The predicted octanol–water partition coefficient (Wildman–Crippen LogP) is 1.43. The van der Waals surface area contributed by atoms with Crippen molar-refractivity contribution in [3.05, 3.63) is 23.3 Å². The quantitative estimate of drug-likeness (QED) is 0.758. The Morgan fingerprint density at radius 3 is 2.96 bits per heavy atom. The summed E-state index contributed by atoms with van der Waals surface area (Å²) in [6.07, 6.45) is 4.55. The van der Waals surface area contributed by atoms with E-state index in [2.05, 4.69) is 5.32 Å². The van der Waals surface area contributed by atoms with Gasteiger partial charge in [-0.1, -0.05) is 18.9 Å². The molecule has 5 heteroatoms. The minimum absolute atomic E-state index is 0.0508. The Hall–Kier alpha value is -1.59. The van der Waals surface area contributed by atoms with Crippen molar-refractivity contribution in [2.45, 2.75) is 61.7 Å². The summed E-state index contributed by atoms with van der Waals surface area (Å²) in [6, 6.07) is 3.54. The van der Waals surface area contributed by atoms with Crippen LogP contribution in [-0.4, -0.2) is 40.3 Å². The van der Waals surface area contributed by atoms with Gasteiger partial charge in [0.25, 0.3) is 0 Å². The highest BCUT2D eigenvalue weighted by atomic mass is 16.5. The fourth-order valence-corrected chi connectivity index (χ4v) is 6.31. The highest BCUT2D eigenvalue weighted by Gasteiger charge is 2.73. The van der Waals surface area contributed by atoms with Crippen LogP contribution >= 0.6 is 0 Å². The summed E-state index contributed by atoms with van der Waals surface area (Å²) in [4.78, 5) is 13.3. The Kier molecular flexibility index (Phi) is 2.55. The molecule has 25 heavy (non-hydrogen) atoms. The van der Waals surface area contributed by atoms with Crippen LogP contribution in [0.25, 0.3) is 0 Å². The van der Waals surface area contributed by atoms with Crippen LogP contribution in [0.4, 0.5) is 0 Å². The number of Topliss-reactive ketones (excluding diaryl/α,β-unsaturated/α-hetero) is 1. The zero-order valence-corrected chi connectivity index (χ0v) is 14.1. The highest BCUT2D eigenvalue weighted by molar-refractivity contribution is 5.92. The zero-order valence-electron chi connectivity index (χ0n) is 14.1. The number of ketones is 1. The van der Waals surface area contributed by atoms with Gasteiger partial charge in [0.15, 0.2) is 23.4 Å². The third-order valence-corrected chi connectivity index (χ3v) is 7.57. The Bertz CT molecular complexity index is 803. The zero-order chi connectivity index (χ0) is 17.0. The SMILES string of the molecule is O=C1C(CC2CC2)CC2(O)[C@H]3Cc4ccc(O)c5c4[C@@]2(CCN3)C1O5. The van der Waals surface area contributed by atoms with Crippen LogP contribution in [0.2, 0.25) is 0 Å². The number of aliphatic hydroxyl groups is 1. The smallest absolute Gasteiger partial charge is 0.177 e. The number of carbonyl (C=O) groups excluding carboxylic acids is 1. The third kappa shape index (κ3) is 1.56. The van der Waals surface area contributed by atoms with Crippen LogP contribution in [0.1, 0.15) is 43.2 Å². The van der Waals surface area contributed by atoms with E-state index in [4.69, 9.17) is 4.74 Å². The van der Waals surface area contributed by atoms with E-state index in [1.807, 2.05) is 6.07 Å². The molecule has 5 nitrogen and oxygen atoms in total. The van der Waals surface area contributed by atoms with Gasteiger partial charge < -0.3 is 20.3 Å². The number of carbonyl (C=O) groups is 1. The van der Waals surface area contributed by atoms with E-state index in [0.29, 0.717) is 24.5 Å². The molecule has 6 rings (SSSR count). The molecular formula is C20H23NO4. The van der Waals surface area contributed by atoms with E-state index in [9.17, 15) is 15.0 Å². The Morgan fingerprint density at radius 2 is 2.16 bits per heavy atom. The maximum atomic E-state index is 13.3. The van der Waals surface area contributed by atoms with Gasteiger partial charge >= 0.3 is 0 Å². The van der Waals surface area contributed by atoms with Crippen LogP contribution in [0.3, 0.4) is 0 Å². The maximum absolute atomic E-state index is 13.3. The lowest BCUT2D eigenvalue weighted by Gasteiger charge is -2.61. The summed E-state index contributed by atoms with van der Waals surface area (Å²) in [5.74, 6) is 1.18. The minimum Gasteiger partial charge on any atom is -0.504 e. The van der Waals surface area contributed by atoms with Crippen molar-refractivity contribution in [1.29, 1.82) is 0 Å². The van der Waals surface area contributed by atoms with Crippen LogP contribution in [0.15, 0.2) is 12.1 Å². The average Bonchev–Trinajstić information content (AvgIpc) is 3.31. The maximum Gasteiger partial charge on any atom is 0.177 e. The molecule has 3 unspecified atom stereocenters. The van der Waals surface area contributed by atoms with Gasteiger partial charge in [0.05, 0.1) is 11.0 Å². The van der Waals surface area contributed by atoms with Gasteiger partial charge in [-0.2, -0.15) is 0 Å². The Balaban J connectivity index is 1.58. The lowest BCUT2D eigenvalue weighted by atomic mass is 9.47. The van der Waals surface area contributed by atoms with Crippen molar-refractivity contribution >= 4 is 5.78 Å². The molecule has 0 aromatic heterocycles. The molecule has 0 radical (unpaired) electrons. The van der Waals surface area contributed by atoms with E-state index in [1.54, 1.807) is 6.07 Å². The number of nitrogens with one attached hydrogen (secondary N) is 1. The van der Waals surface area contributed by atoms with Gasteiger partial charge in [0.1, 0.15) is 0 Å². The fraction of sp³-hybridized carbons (Fsp3) is 0.650. The molecule has 2 bridgehead atoms. The molecular weight excluding hydrogens is 318 g/mol. The van der Waals surface area contributed by atoms with Crippen molar-refractivity contribution in [2.24, 2.45) is 11.8 Å². The first kappa shape index (κ1) is 14.6. The molecule has 3 N–H and O–H groups in total. The molecule has 132 valence electrons. The lowest BCUT2D eigenvalue weighted by molar-refractivity contribution is -0.177. The van der Waals surface area contributed by atoms with E-state index in [1.165, 1.54) is 12.8 Å². The van der Waals surface area contributed by atoms with Crippen molar-refractivity contribution in [3.8, 4) is 11.5 Å². The molecule has 2 heterocycles. The van der Waals surface area contributed by atoms with Crippen molar-refractivity contribution in [2.75, 3.05) is 6.54 Å². The fourth-order valence-electron chi connectivity index (χ4n) is 6.31. The molecule has 5 aliphatic rings. The third-order valence-electron chi connectivity index (χ3n) is 7.57. The second-order valence-corrected chi connectivity index (χ2v) is 8.78. The van der Waals surface area contributed by atoms with Gasteiger partial charge in [-0.05, 0) is 49.8 Å². The van der Waals surface area contributed by atoms with Gasteiger partial charge in [-0.25, -0.2) is 0 Å². The topological polar surface area (TPSA) is 78.8 Å². The molecule has 1 spiro atoms. The number of benzene rings is 1. The van der Waals surface area contributed by atoms with E-state index >= 15 is 0 Å². The molecule has 2 aliphatic heterocycles. The van der Waals surface area contributed by atoms with Gasteiger partial charge in [-0.3, -0.25) is 4.79 Å². The molecule has 0 amide bonds. The standard InChI is InChI=1S/C20H23NO4/c22-13-4-3-11-8-14-20(24)9-12(7-10-1-2-10)16(23)18-19(20,5-6-21-14)15(11)17(13)25-18/h3-4,10,12,14,18,21-22,24H,1-2,5-9H2/t12?,14-,18?,19+,20?/m1/s1. The van der Waals surface area contributed by atoms with Crippen LogP contribution in [0, 0.1) is 11.8 Å². The van der Waals surface area contributed by atoms with E-state index in [0.717, 1.165) is 30.5 Å². The first-order valence-electron chi connectivity index (χ1n) is 9.56. The second kappa shape index (κ2) is 4.38. The number of hydrogen-bond acceptors (Lipinski definition) is 5. The Labute approximate surface area is 146 Å². The largest absolute Gasteiger partial charge is 0.504 e. The Morgan fingerprint density at radius 1 is 1.32 bits per heavy atom. The number of rotatable bonds is 2. The van der Waals surface area contributed by atoms with E-state index < -0.39 is 17.1 Å². The van der Waals surface area contributed by atoms with Crippen molar-refractivity contribution < 1.29 is 19.7 Å². The first-order valence-corrected chi connectivity index (χ1v) is 9.56. The number of phenolic OH excluding ortho intramolecular Hbond substituents is 1. The van der Waals surface area contributed by atoms with Crippen LogP contribution in [-0.2, 0) is 16.6 Å². The minimum atomic E-state index is -0.977. The molecule has 2 saturated carbocycles. The number of aromatic hydroxyl groups is 1. The summed E-state index contributed by atoms with van der Waals surface area (Å²) in [7, 11) is 0. The summed E-state index contributed by atoms with van der Waals surface area (Å²) in [5.41, 5.74) is 0.346. The normalized spacial score (nSPS) is 43.6. The summed E-state index contributed by atoms with van der Waals surface area (Å²) < 4.78 is 6.13. The van der Waals surface area contributed by atoms with Crippen LogP contribution < -0.4 is 10.1 Å². The molecule has 1 saturated heterocycles. The van der Waals surface area contributed by atoms with Crippen molar-refractivity contribution in [1.82, 2.24) is 5.32 Å². The highest BCUT2D eigenvalue weighted by Crippen LogP contribution is 2.64. The summed E-state index contributed by atoms with van der Waals surface area (Å²) >= 11 is 0. The molecule has 5 atom stereocenters. The molecule has 3 aliphatic carbocycles. The molecule has 3 fully saturated rings.